The molecule has 0 aliphatic carbocycles. The molecule has 1 saturated heterocycles. The maximum absolute atomic E-state index is 13.4. The van der Waals surface area contributed by atoms with Gasteiger partial charge in [-0.15, -0.1) is 0 Å². The van der Waals surface area contributed by atoms with Gasteiger partial charge in [0.25, 0.3) is 0 Å². The SMILES string of the molecule is CNC(=O)C1CCCCN1S(=O)(=O)c1ccc(F)c(C(F)(F)F)c1. The van der Waals surface area contributed by atoms with E-state index in [9.17, 15) is 30.8 Å². The standard InChI is InChI=1S/C14H16F4N2O3S/c1-19-13(21)12-4-2-3-7-20(12)24(22,23)9-5-6-11(15)10(8-9)14(16,17)18/h5-6,8,12H,2-4,7H2,1H3,(H,19,21). The second-order valence-corrected chi connectivity index (χ2v) is 7.27. The van der Waals surface area contributed by atoms with Gasteiger partial charge in [0.05, 0.1) is 10.5 Å². The molecule has 0 aromatic heterocycles. The summed E-state index contributed by atoms with van der Waals surface area (Å²) >= 11 is 0. The van der Waals surface area contributed by atoms with Gasteiger partial charge in [-0.25, -0.2) is 12.8 Å². The van der Waals surface area contributed by atoms with E-state index in [-0.39, 0.29) is 19.0 Å². The number of piperidine rings is 1. The molecule has 134 valence electrons. The predicted molar refractivity (Wildman–Crippen MR) is 77.0 cm³/mol. The van der Waals surface area contributed by atoms with Gasteiger partial charge >= 0.3 is 6.18 Å². The molecule has 0 bridgehead atoms. The van der Waals surface area contributed by atoms with Gasteiger partial charge in [-0.3, -0.25) is 4.79 Å². The van der Waals surface area contributed by atoms with Crippen LogP contribution in [0.15, 0.2) is 23.1 Å². The number of nitrogens with one attached hydrogen (secondary N) is 1. The first kappa shape index (κ1) is 18.7. The van der Waals surface area contributed by atoms with E-state index in [0.29, 0.717) is 18.9 Å². The summed E-state index contributed by atoms with van der Waals surface area (Å²) in [7, 11) is -3.01. The number of hydrogen-bond donors (Lipinski definition) is 1. The van der Waals surface area contributed by atoms with E-state index in [1.54, 1.807) is 0 Å². The van der Waals surface area contributed by atoms with Gasteiger partial charge in [0.1, 0.15) is 11.9 Å². The van der Waals surface area contributed by atoms with Gasteiger partial charge < -0.3 is 5.32 Å². The highest BCUT2D eigenvalue weighted by Gasteiger charge is 2.40. The second kappa shape index (κ2) is 6.67. The Morgan fingerprint density at radius 3 is 2.54 bits per heavy atom. The van der Waals surface area contributed by atoms with Crippen LogP contribution in [0.2, 0.25) is 0 Å². The van der Waals surface area contributed by atoms with Gasteiger partial charge in [0, 0.05) is 13.6 Å². The van der Waals surface area contributed by atoms with Crippen molar-refractivity contribution in [3.05, 3.63) is 29.6 Å². The molecule has 10 heteroatoms. The molecule has 1 aromatic rings. The van der Waals surface area contributed by atoms with Crippen molar-refractivity contribution in [2.24, 2.45) is 0 Å². The molecule has 1 amide bonds. The zero-order valence-corrected chi connectivity index (χ0v) is 13.5. The number of likely N-dealkylation sites (N-methyl/N-ethyl adjacent to an activating group) is 1. The molecular formula is C14H16F4N2O3S. The number of hydrogen-bond acceptors (Lipinski definition) is 3. The van der Waals surface area contributed by atoms with Crippen LogP contribution < -0.4 is 5.32 Å². The maximum Gasteiger partial charge on any atom is 0.419 e. The summed E-state index contributed by atoms with van der Waals surface area (Å²) in [5.74, 6) is -2.08. The molecule has 1 aliphatic heterocycles. The van der Waals surface area contributed by atoms with E-state index in [1.165, 1.54) is 7.05 Å². The fourth-order valence-corrected chi connectivity index (χ4v) is 4.32. The van der Waals surface area contributed by atoms with E-state index in [0.717, 1.165) is 10.4 Å². The number of sulfonamides is 1. The summed E-state index contributed by atoms with van der Waals surface area (Å²) in [4.78, 5) is 11.2. The third-order valence-electron chi connectivity index (χ3n) is 3.85. The lowest BCUT2D eigenvalue weighted by Gasteiger charge is -2.33. The van der Waals surface area contributed by atoms with Crippen molar-refractivity contribution in [2.75, 3.05) is 13.6 Å². The molecule has 0 radical (unpaired) electrons. The normalized spacial score (nSPS) is 20.0. The van der Waals surface area contributed by atoms with Crippen molar-refractivity contribution in [3.8, 4) is 0 Å². The Balaban J connectivity index is 2.48. The minimum atomic E-state index is -5.02. The Hall–Kier alpha value is -1.68. The number of carbonyl (C=O) groups excluding carboxylic acids is 1. The number of nitrogens with zero attached hydrogens (tertiary/aromatic N) is 1. The molecular weight excluding hydrogens is 352 g/mol. The van der Waals surface area contributed by atoms with Crippen molar-refractivity contribution in [3.63, 3.8) is 0 Å². The summed E-state index contributed by atoms with van der Waals surface area (Å²) in [6.07, 6.45) is -3.63. The van der Waals surface area contributed by atoms with Crippen LogP contribution in [0.4, 0.5) is 17.6 Å². The number of amides is 1. The van der Waals surface area contributed by atoms with Crippen LogP contribution in [-0.4, -0.2) is 38.3 Å². The van der Waals surface area contributed by atoms with Crippen molar-refractivity contribution in [1.82, 2.24) is 9.62 Å². The van der Waals surface area contributed by atoms with Crippen molar-refractivity contribution >= 4 is 15.9 Å². The average molecular weight is 368 g/mol. The zero-order valence-electron chi connectivity index (χ0n) is 12.7. The Morgan fingerprint density at radius 1 is 1.29 bits per heavy atom. The highest BCUT2D eigenvalue weighted by Crippen LogP contribution is 2.34. The monoisotopic (exact) mass is 368 g/mol. The summed E-state index contributed by atoms with van der Waals surface area (Å²) < 4.78 is 78.0. The molecule has 0 saturated carbocycles. The van der Waals surface area contributed by atoms with Gasteiger partial charge in [0.15, 0.2) is 0 Å². The fraction of sp³-hybridized carbons (Fsp3) is 0.500. The minimum absolute atomic E-state index is 0.0130. The number of alkyl halides is 3. The van der Waals surface area contributed by atoms with Crippen LogP contribution in [0.1, 0.15) is 24.8 Å². The summed E-state index contributed by atoms with van der Waals surface area (Å²) in [6.45, 7) is 0.0130. The molecule has 1 aliphatic rings. The second-order valence-electron chi connectivity index (χ2n) is 5.38. The third kappa shape index (κ3) is 3.54. The first-order chi connectivity index (χ1) is 11.1. The highest BCUT2D eigenvalue weighted by atomic mass is 32.2. The van der Waals surface area contributed by atoms with Crippen LogP contribution in [0, 0.1) is 5.82 Å². The smallest absolute Gasteiger partial charge is 0.358 e. The van der Waals surface area contributed by atoms with Gasteiger partial charge in [-0.1, -0.05) is 6.42 Å². The summed E-state index contributed by atoms with van der Waals surface area (Å²) in [5, 5.41) is 2.35. The van der Waals surface area contributed by atoms with E-state index in [1.807, 2.05) is 0 Å². The number of carbonyl (C=O) groups is 1. The highest BCUT2D eigenvalue weighted by molar-refractivity contribution is 7.89. The fourth-order valence-electron chi connectivity index (χ4n) is 2.64. The topological polar surface area (TPSA) is 66.5 Å². The first-order valence-corrected chi connectivity index (χ1v) is 8.63. The van der Waals surface area contributed by atoms with Gasteiger partial charge in [-0.2, -0.15) is 17.5 Å². The number of benzene rings is 1. The first-order valence-electron chi connectivity index (χ1n) is 7.19. The molecule has 1 N–H and O–H groups in total. The molecule has 1 unspecified atom stereocenters. The van der Waals surface area contributed by atoms with E-state index < -0.39 is 44.4 Å². The Labute approximate surface area is 136 Å². The molecule has 1 atom stereocenters. The summed E-state index contributed by atoms with van der Waals surface area (Å²) in [5.41, 5.74) is -1.66. The number of halogens is 4. The molecule has 2 rings (SSSR count). The van der Waals surface area contributed by atoms with Crippen LogP contribution >= 0.6 is 0 Å². The average Bonchev–Trinajstić information content (AvgIpc) is 2.53. The maximum atomic E-state index is 13.4. The molecule has 1 aromatic carbocycles. The Bertz CT molecular complexity index is 734. The minimum Gasteiger partial charge on any atom is -0.358 e. The van der Waals surface area contributed by atoms with Crippen LogP contribution in [0.3, 0.4) is 0 Å². The predicted octanol–water partition coefficient (Wildman–Crippen LogP) is 2.13. The number of rotatable bonds is 3. The lowest BCUT2D eigenvalue weighted by atomic mass is 10.0. The van der Waals surface area contributed by atoms with Crippen molar-refractivity contribution in [1.29, 1.82) is 0 Å². The van der Waals surface area contributed by atoms with Crippen molar-refractivity contribution < 1.29 is 30.8 Å². The van der Waals surface area contributed by atoms with Gasteiger partial charge in [-0.05, 0) is 31.0 Å². The zero-order chi connectivity index (χ0) is 18.1. The van der Waals surface area contributed by atoms with Gasteiger partial charge in [0.2, 0.25) is 15.9 Å². The lowest BCUT2D eigenvalue weighted by Crippen LogP contribution is -2.51. The van der Waals surface area contributed by atoms with Crippen LogP contribution in [-0.2, 0) is 21.0 Å². The molecule has 5 nitrogen and oxygen atoms in total. The molecule has 24 heavy (non-hydrogen) atoms. The lowest BCUT2D eigenvalue weighted by molar-refractivity contribution is -0.140. The van der Waals surface area contributed by atoms with E-state index in [4.69, 9.17) is 0 Å². The van der Waals surface area contributed by atoms with Crippen LogP contribution in [0.5, 0.6) is 0 Å². The third-order valence-corrected chi connectivity index (χ3v) is 5.76. The molecule has 1 heterocycles. The molecule has 1 fully saturated rings. The van der Waals surface area contributed by atoms with E-state index >= 15 is 0 Å². The quantitative estimate of drug-likeness (QED) is 0.832. The van der Waals surface area contributed by atoms with Crippen LogP contribution in [0.25, 0.3) is 0 Å². The largest absolute Gasteiger partial charge is 0.419 e. The summed E-state index contributed by atoms with van der Waals surface area (Å²) in [6, 6.07) is 0.512. The van der Waals surface area contributed by atoms with Crippen molar-refractivity contribution in [2.45, 2.75) is 36.4 Å². The molecule has 0 spiro atoms. The van der Waals surface area contributed by atoms with E-state index in [2.05, 4.69) is 5.32 Å². The Kier molecular flexibility index (Phi) is 5.19. The Morgan fingerprint density at radius 2 is 1.96 bits per heavy atom.